The van der Waals surface area contributed by atoms with Gasteiger partial charge in [0.2, 0.25) is 5.91 Å². The van der Waals surface area contributed by atoms with E-state index in [1.54, 1.807) is 6.26 Å². The zero-order valence-corrected chi connectivity index (χ0v) is 15.9. The number of ether oxygens (including phenoxy) is 1. The Hall–Kier alpha value is -2.61. The molecule has 2 aromatic carbocycles. The van der Waals surface area contributed by atoms with Crippen molar-refractivity contribution in [1.82, 2.24) is 5.32 Å². The molecule has 1 aromatic heterocycles. The average molecular weight is 391 g/mol. The van der Waals surface area contributed by atoms with Gasteiger partial charge < -0.3 is 24.5 Å². The predicted octanol–water partition coefficient (Wildman–Crippen LogP) is 1.96. The van der Waals surface area contributed by atoms with Gasteiger partial charge in [-0.2, -0.15) is 0 Å². The summed E-state index contributed by atoms with van der Waals surface area (Å²) in [6.45, 7) is 1.08. The zero-order valence-electron chi connectivity index (χ0n) is 15.9. The van der Waals surface area contributed by atoms with Crippen LogP contribution >= 0.6 is 0 Å². The fraction of sp³-hybridized carbons (Fsp3) is 0.318. The summed E-state index contributed by atoms with van der Waals surface area (Å²) in [6, 6.07) is 15.6. The Morgan fingerprint density at radius 2 is 2.00 bits per heavy atom. The maximum Gasteiger partial charge on any atom is 0.475 e. The Balaban J connectivity index is 1.33. The Labute approximate surface area is 168 Å². The van der Waals surface area contributed by atoms with Crippen molar-refractivity contribution in [2.24, 2.45) is 5.92 Å². The highest BCUT2D eigenvalue weighted by atomic mass is 16.5. The Morgan fingerprint density at radius 1 is 1.21 bits per heavy atom. The van der Waals surface area contributed by atoms with Gasteiger partial charge in [-0.1, -0.05) is 42.5 Å². The molecule has 1 aliphatic heterocycles. The number of carbonyl (C=O) groups is 1. The van der Waals surface area contributed by atoms with Crippen LogP contribution in [0.3, 0.4) is 0 Å². The first kappa shape index (κ1) is 18.4. The largest absolute Gasteiger partial charge is 0.475 e. The van der Waals surface area contributed by atoms with E-state index < -0.39 is 13.1 Å². The second-order valence-corrected chi connectivity index (χ2v) is 8.05. The van der Waals surface area contributed by atoms with E-state index in [2.05, 4.69) is 11.4 Å². The van der Waals surface area contributed by atoms with Crippen molar-refractivity contribution in [1.29, 1.82) is 0 Å². The van der Waals surface area contributed by atoms with Gasteiger partial charge in [-0.25, -0.2) is 0 Å². The van der Waals surface area contributed by atoms with Crippen LogP contribution in [-0.2, 0) is 28.0 Å². The molecule has 1 saturated carbocycles. The van der Waals surface area contributed by atoms with Crippen molar-refractivity contribution < 1.29 is 24.0 Å². The van der Waals surface area contributed by atoms with Gasteiger partial charge in [0, 0.05) is 10.8 Å². The quantitative estimate of drug-likeness (QED) is 0.579. The van der Waals surface area contributed by atoms with Gasteiger partial charge in [-0.05, 0) is 35.6 Å². The normalized spacial score (nSPS) is 23.6. The van der Waals surface area contributed by atoms with Crippen molar-refractivity contribution in [3.63, 3.8) is 0 Å². The van der Waals surface area contributed by atoms with E-state index in [-0.39, 0.29) is 23.7 Å². The van der Waals surface area contributed by atoms with Gasteiger partial charge in [-0.3, -0.25) is 4.79 Å². The van der Waals surface area contributed by atoms with E-state index >= 15 is 0 Å². The summed E-state index contributed by atoms with van der Waals surface area (Å²) in [4.78, 5) is 13.0. The number of hydrogen-bond donors (Lipinski definition) is 3. The van der Waals surface area contributed by atoms with E-state index in [1.807, 2.05) is 42.5 Å². The van der Waals surface area contributed by atoms with Crippen molar-refractivity contribution in [3.8, 4) is 0 Å². The fourth-order valence-electron chi connectivity index (χ4n) is 4.60. The van der Waals surface area contributed by atoms with E-state index in [1.165, 1.54) is 5.56 Å². The molecule has 1 amide bonds. The van der Waals surface area contributed by atoms with Gasteiger partial charge in [-0.15, -0.1) is 0 Å². The van der Waals surface area contributed by atoms with Crippen LogP contribution in [0.25, 0.3) is 11.0 Å². The van der Waals surface area contributed by atoms with Crippen LogP contribution in [0.5, 0.6) is 0 Å². The molecule has 2 heterocycles. The van der Waals surface area contributed by atoms with Crippen molar-refractivity contribution in [2.45, 2.75) is 30.8 Å². The number of benzene rings is 2. The lowest BCUT2D eigenvalue weighted by molar-refractivity contribution is -0.123. The fourth-order valence-corrected chi connectivity index (χ4v) is 4.60. The maximum absolute atomic E-state index is 13.0. The molecule has 1 fully saturated rings. The second-order valence-electron chi connectivity index (χ2n) is 8.05. The first-order chi connectivity index (χ1) is 14.1. The van der Waals surface area contributed by atoms with Crippen molar-refractivity contribution in [2.75, 3.05) is 6.61 Å². The average Bonchev–Trinajstić information content (AvgIpc) is 3.30. The minimum atomic E-state index is -1.67. The highest BCUT2D eigenvalue weighted by Gasteiger charge is 2.61. The number of carbonyl (C=O) groups excluding carboxylic acids is 1. The molecule has 5 rings (SSSR count). The molecule has 2 aliphatic rings. The third-order valence-electron chi connectivity index (χ3n) is 6.25. The van der Waals surface area contributed by atoms with E-state index in [0.29, 0.717) is 19.6 Å². The molecule has 7 heteroatoms. The number of furan rings is 1. The molecule has 1 spiro atoms. The van der Waals surface area contributed by atoms with Crippen LogP contribution in [0.15, 0.2) is 59.2 Å². The van der Waals surface area contributed by atoms with Crippen LogP contribution in [0, 0.1) is 5.92 Å². The summed E-state index contributed by atoms with van der Waals surface area (Å²) in [5.74, 6) is -1.22. The smallest absolute Gasteiger partial charge is 0.464 e. The van der Waals surface area contributed by atoms with Crippen molar-refractivity contribution in [3.05, 3.63) is 71.5 Å². The van der Waals surface area contributed by atoms with Crippen LogP contribution < -0.4 is 5.32 Å². The minimum Gasteiger partial charge on any atom is -0.464 e. The third kappa shape index (κ3) is 3.15. The highest BCUT2D eigenvalue weighted by Crippen LogP contribution is 2.57. The summed E-state index contributed by atoms with van der Waals surface area (Å²) in [5.41, 5.74) is 3.56. The standard InChI is InChI=1S/C22H22BNO5/c25-21(18-10-22(18)13-28-11-14-5-1-3-7-17(14)22)24-20(23(26)27)9-15-12-29-19-8-4-2-6-16(15)19/h1-8,12,18,20,26-27H,9-11,13H2,(H,24,25). The van der Waals surface area contributed by atoms with Gasteiger partial charge in [0.05, 0.1) is 31.3 Å². The molecule has 148 valence electrons. The number of hydrogen-bond acceptors (Lipinski definition) is 5. The molecular formula is C22H22BNO5. The number of fused-ring (bicyclic) bond motifs is 3. The number of nitrogens with one attached hydrogen (secondary N) is 1. The van der Waals surface area contributed by atoms with E-state index in [4.69, 9.17) is 9.15 Å². The Morgan fingerprint density at radius 3 is 2.86 bits per heavy atom. The van der Waals surface area contributed by atoms with E-state index in [9.17, 15) is 14.8 Å². The molecule has 0 saturated heterocycles. The van der Waals surface area contributed by atoms with Crippen LogP contribution in [0.1, 0.15) is 23.1 Å². The summed E-state index contributed by atoms with van der Waals surface area (Å²) in [7, 11) is -1.67. The lowest BCUT2D eigenvalue weighted by atomic mass is 9.75. The minimum absolute atomic E-state index is 0.170. The lowest BCUT2D eigenvalue weighted by Gasteiger charge is -2.27. The number of rotatable bonds is 5. The number of para-hydroxylation sites is 1. The van der Waals surface area contributed by atoms with E-state index in [0.717, 1.165) is 22.1 Å². The molecule has 29 heavy (non-hydrogen) atoms. The SMILES string of the molecule is O=C(NC(Cc1coc2ccccc12)B(O)O)C1CC12COCc1ccccc12. The molecule has 3 N–H and O–H groups in total. The third-order valence-corrected chi connectivity index (χ3v) is 6.25. The van der Waals surface area contributed by atoms with Gasteiger partial charge in [0.15, 0.2) is 0 Å². The summed E-state index contributed by atoms with van der Waals surface area (Å²) >= 11 is 0. The topological polar surface area (TPSA) is 91.9 Å². The maximum atomic E-state index is 13.0. The first-order valence-electron chi connectivity index (χ1n) is 9.86. The number of amides is 1. The van der Waals surface area contributed by atoms with Gasteiger partial charge in [0.25, 0.3) is 0 Å². The molecule has 0 bridgehead atoms. The molecule has 3 atom stereocenters. The van der Waals surface area contributed by atoms with Crippen LogP contribution in [0.2, 0.25) is 0 Å². The van der Waals surface area contributed by atoms with Crippen LogP contribution in [0.4, 0.5) is 0 Å². The van der Waals surface area contributed by atoms with Gasteiger partial charge >= 0.3 is 7.12 Å². The summed E-state index contributed by atoms with van der Waals surface area (Å²) in [5, 5.41) is 23.5. The molecule has 6 nitrogen and oxygen atoms in total. The monoisotopic (exact) mass is 391 g/mol. The summed E-state index contributed by atoms with van der Waals surface area (Å²) in [6.07, 6.45) is 2.59. The molecule has 1 aliphatic carbocycles. The predicted molar refractivity (Wildman–Crippen MR) is 108 cm³/mol. The van der Waals surface area contributed by atoms with Crippen molar-refractivity contribution >= 4 is 24.0 Å². The molecule has 3 unspecified atom stereocenters. The highest BCUT2D eigenvalue weighted by molar-refractivity contribution is 6.43. The van der Waals surface area contributed by atoms with Gasteiger partial charge in [0.1, 0.15) is 5.58 Å². The Bertz CT molecular complexity index is 1060. The summed E-state index contributed by atoms with van der Waals surface area (Å²) < 4.78 is 11.3. The molecular weight excluding hydrogens is 369 g/mol. The Kier molecular flexibility index (Phi) is 4.46. The molecule has 0 radical (unpaired) electrons. The molecule has 3 aromatic rings. The van der Waals surface area contributed by atoms with Crippen LogP contribution in [-0.4, -0.2) is 35.6 Å². The first-order valence-corrected chi connectivity index (χ1v) is 9.86. The zero-order chi connectivity index (χ0) is 20.0. The second kappa shape index (κ2) is 7.02. The lowest BCUT2D eigenvalue weighted by Crippen LogP contribution is -2.49.